The second-order valence-corrected chi connectivity index (χ2v) is 16.7. The molecule has 7 unspecified atom stereocenters. The number of aryl methyl sites for hydroxylation is 1. The molecule has 7 rings (SSSR count). The van der Waals surface area contributed by atoms with Crippen molar-refractivity contribution in [3.8, 4) is 0 Å². The van der Waals surface area contributed by atoms with Crippen LogP contribution in [0.25, 0.3) is 6.08 Å². The molecule has 0 amide bonds. The highest BCUT2D eigenvalue weighted by molar-refractivity contribution is 5.81. The van der Waals surface area contributed by atoms with Gasteiger partial charge in [-0.25, -0.2) is 0 Å². The second kappa shape index (κ2) is 26.1. The molecule has 66 heavy (non-hydrogen) atoms. The topological polar surface area (TPSA) is 117 Å². The summed E-state index contributed by atoms with van der Waals surface area (Å²) in [7, 11) is 1.52. The van der Waals surface area contributed by atoms with Gasteiger partial charge in [0.25, 0.3) is 0 Å². The summed E-state index contributed by atoms with van der Waals surface area (Å²) in [5.41, 5.74) is 7.55. The highest BCUT2D eigenvalue weighted by Crippen LogP contribution is 2.30. The molecule has 0 saturated carbocycles. The van der Waals surface area contributed by atoms with Gasteiger partial charge in [-0.15, -0.1) is 0 Å². The number of benzene rings is 5. The van der Waals surface area contributed by atoms with Crippen LogP contribution in [0.1, 0.15) is 65.1 Å². The van der Waals surface area contributed by atoms with Gasteiger partial charge in [0.05, 0.1) is 59.3 Å². The fraction of sp³-hybridized carbons (Fsp3) is 0.382. The van der Waals surface area contributed by atoms with Crippen LogP contribution in [-0.4, -0.2) is 81.6 Å². The Morgan fingerprint density at radius 3 is 1.77 bits per heavy atom. The molecule has 5 aromatic rings. The molecule has 2 aliphatic rings. The van der Waals surface area contributed by atoms with Crippen LogP contribution in [0.4, 0.5) is 0 Å². The second-order valence-electron chi connectivity index (χ2n) is 16.7. The Hall–Kier alpha value is -5.34. The van der Waals surface area contributed by atoms with Gasteiger partial charge in [0.1, 0.15) is 36.3 Å². The summed E-state index contributed by atoms with van der Waals surface area (Å²) in [5.74, 6) is -0.654. The maximum absolute atomic E-state index is 13.1. The largest absolute Gasteiger partial charge is 0.456 e. The third kappa shape index (κ3) is 15.1. The van der Waals surface area contributed by atoms with Gasteiger partial charge in [-0.2, -0.15) is 0 Å². The average Bonchev–Trinajstić information content (AvgIpc) is 3.68. The number of carbonyl (C=O) groups is 2. The van der Waals surface area contributed by atoms with E-state index in [1.165, 1.54) is 25.2 Å². The third-order valence-corrected chi connectivity index (χ3v) is 11.6. The summed E-state index contributed by atoms with van der Waals surface area (Å²) in [4.78, 5) is 24.9. The number of fused-ring (bicyclic) bond motifs is 1. The van der Waals surface area contributed by atoms with Crippen LogP contribution in [0, 0.1) is 0 Å². The van der Waals surface area contributed by atoms with Crippen molar-refractivity contribution in [3.05, 3.63) is 185 Å². The zero-order chi connectivity index (χ0) is 45.8. The quantitative estimate of drug-likeness (QED) is 0.0470. The molecule has 11 heteroatoms. The molecule has 1 aliphatic carbocycles. The van der Waals surface area contributed by atoms with Gasteiger partial charge in [-0.05, 0) is 58.7 Å². The Balaban J connectivity index is 1.15. The Kier molecular flexibility index (Phi) is 19.2. The summed E-state index contributed by atoms with van der Waals surface area (Å²) >= 11 is 0. The molecule has 1 aliphatic heterocycles. The molecule has 1 fully saturated rings. The number of hydrogen-bond donors (Lipinski definition) is 0. The molecule has 1 saturated heterocycles. The van der Waals surface area contributed by atoms with E-state index in [0.29, 0.717) is 19.8 Å². The molecule has 0 spiro atoms. The Bertz CT molecular complexity index is 2220. The minimum absolute atomic E-state index is 0.0249. The van der Waals surface area contributed by atoms with E-state index >= 15 is 0 Å². The predicted octanol–water partition coefficient (Wildman–Crippen LogP) is 9.17. The van der Waals surface area contributed by atoms with Crippen molar-refractivity contribution in [2.75, 3.05) is 26.9 Å². The van der Waals surface area contributed by atoms with Crippen molar-refractivity contribution in [1.82, 2.24) is 0 Å². The van der Waals surface area contributed by atoms with Crippen molar-refractivity contribution >= 4 is 17.8 Å². The molecule has 0 aromatic heterocycles. The van der Waals surface area contributed by atoms with Crippen LogP contribution >= 0.6 is 0 Å². The molecular formula is C55H62O11. The van der Waals surface area contributed by atoms with Crippen LogP contribution in [0.2, 0.25) is 0 Å². The molecule has 0 bridgehead atoms. The standard InChI is InChI=1S/C55H62O11/c1-40(56)27-30-51(57)66-53-50(38-59-32-41-17-7-3-8-18-41)65-55(54(53)58-2)64-39-49(62-35-43-21-11-5-12-22-43)52(63-36-44-23-13-6-14-24-44)48(61-34-42-19-9-4-10-20-42)37-60-33-45-28-29-46-25-15-16-26-47(46)31-45/h3-15,17-25,28-29,31,48-50,52-55H,16,26-27,30,32-39H2,1-2H3. The number of hydrogen-bond acceptors (Lipinski definition) is 11. The van der Waals surface area contributed by atoms with Crippen molar-refractivity contribution < 1.29 is 52.2 Å². The molecule has 0 radical (unpaired) electrons. The average molecular weight is 899 g/mol. The van der Waals surface area contributed by atoms with Crippen LogP contribution in [0.5, 0.6) is 0 Å². The smallest absolute Gasteiger partial charge is 0.306 e. The summed E-state index contributed by atoms with van der Waals surface area (Å²) < 4.78 is 58.3. The van der Waals surface area contributed by atoms with Crippen molar-refractivity contribution in [2.45, 2.75) is 109 Å². The van der Waals surface area contributed by atoms with E-state index in [9.17, 15) is 9.59 Å². The first-order chi connectivity index (χ1) is 32.4. The van der Waals surface area contributed by atoms with Crippen LogP contribution in [0.3, 0.4) is 0 Å². The lowest BCUT2D eigenvalue weighted by Gasteiger charge is -2.34. The predicted molar refractivity (Wildman–Crippen MR) is 250 cm³/mol. The van der Waals surface area contributed by atoms with Gasteiger partial charge < -0.3 is 47.4 Å². The maximum atomic E-state index is 13.1. The lowest BCUT2D eigenvalue weighted by molar-refractivity contribution is -0.221. The molecule has 5 aromatic carbocycles. The van der Waals surface area contributed by atoms with E-state index in [1.54, 1.807) is 0 Å². The molecule has 1 heterocycles. The monoisotopic (exact) mass is 898 g/mol. The molecule has 7 atom stereocenters. The van der Waals surface area contributed by atoms with E-state index < -0.39 is 48.9 Å². The molecule has 11 nitrogen and oxygen atoms in total. The lowest BCUT2D eigenvalue weighted by Crippen LogP contribution is -2.48. The minimum atomic E-state index is -0.998. The first kappa shape index (κ1) is 48.6. The van der Waals surface area contributed by atoms with E-state index in [1.807, 2.05) is 121 Å². The zero-order valence-electron chi connectivity index (χ0n) is 38.0. The van der Waals surface area contributed by atoms with Gasteiger partial charge in [0, 0.05) is 13.5 Å². The van der Waals surface area contributed by atoms with Crippen molar-refractivity contribution in [2.24, 2.45) is 0 Å². The Morgan fingerprint density at radius 1 is 0.621 bits per heavy atom. The fourth-order valence-corrected chi connectivity index (χ4v) is 8.02. The number of ether oxygens (including phenoxy) is 9. The number of Topliss-reactive ketones (excluding diaryl/α,β-unsaturated/α-hetero) is 1. The number of rotatable bonds is 27. The third-order valence-electron chi connectivity index (χ3n) is 11.6. The zero-order valence-corrected chi connectivity index (χ0v) is 38.0. The number of esters is 1. The van der Waals surface area contributed by atoms with Gasteiger partial charge in [-0.3, -0.25) is 4.79 Å². The molecular weight excluding hydrogens is 837 g/mol. The van der Waals surface area contributed by atoms with Gasteiger partial charge >= 0.3 is 5.97 Å². The van der Waals surface area contributed by atoms with Gasteiger partial charge in [0.2, 0.25) is 0 Å². The first-order valence-corrected chi connectivity index (χ1v) is 22.8. The fourth-order valence-electron chi connectivity index (χ4n) is 8.02. The highest BCUT2D eigenvalue weighted by Gasteiger charge is 2.49. The summed E-state index contributed by atoms with van der Waals surface area (Å²) in [5, 5.41) is 0. The first-order valence-electron chi connectivity index (χ1n) is 22.8. The highest BCUT2D eigenvalue weighted by atomic mass is 16.7. The lowest BCUT2D eigenvalue weighted by atomic mass is 9.96. The van der Waals surface area contributed by atoms with Gasteiger partial charge in [0.15, 0.2) is 12.4 Å². The number of methoxy groups -OCH3 is 1. The minimum Gasteiger partial charge on any atom is -0.456 e. The Labute approximate surface area is 388 Å². The maximum Gasteiger partial charge on any atom is 0.306 e. The van der Waals surface area contributed by atoms with E-state index in [-0.39, 0.29) is 51.7 Å². The van der Waals surface area contributed by atoms with E-state index in [4.69, 9.17) is 42.6 Å². The van der Waals surface area contributed by atoms with Crippen molar-refractivity contribution in [3.63, 3.8) is 0 Å². The SMILES string of the molecule is COC1C(OCC(OCc2ccccc2)C(OCc2ccccc2)C(COCc2ccc3c(c2)CCC=C3)OCc2ccccc2)OC(COCc2ccccc2)C1OC(=O)CCC(C)=O. The van der Waals surface area contributed by atoms with Gasteiger partial charge in [-0.1, -0.05) is 152 Å². The number of carbonyl (C=O) groups excluding carboxylic acids is 2. The summed E-state index contributed by atoms with van der Waals surface area (Å²) in [6.07, 6.45) is 0.842. The molecule has 348 valence electrons. The summed E-state index contributed by atoms with van der Waals surface area (Å²) in [6, 6.07) is 46.1. The van der Waals surface area contributed by atoms with Crippen LogP contribution in [-0.2, 0) is 91.7 Å². The van der Waals surface area contributed by atoms with E-state index in [0.717, 1.165) is 40.7 Å². The number of ketones is 1. The Morgan fingerprint density at radius 2 is 1.18 bits per heavy atom. The van der Waals surface area contributed by atoms with Crippen LogP contribution in [0.15, 0.2) is 146 Å². The summed E-state index contributed by atoms with van der Waals surface area (Å²) in [6.45, 7) is 3.21. The molecule has 0 N–H and O–H groups in total. The normalized spacial score (nSPS) is 19.2. The van der Waals surface area contributed by atoms with Crippen LogP contribution < -0.4 is 0 Å². The van der Waals surface area contributed by atoms with Crippen molar-refractivity contribution in [1.29, 1.82) is 0 Å². The van der Waals surface area contributed by atoms with E-state index in [2.05, 4.69) is 30.4 Å². The number of allylic oxidation sites excluding steroid dienone is 1.